The fourth-order valence-electron chi connectivity index (χ4n) is 6.08. The highest BCUT2D eigenvalue weighted by molar-refractivity contribution is 6.30. The van der Waals surface area contributed by atoms with Gasteiger partial charge in [0.05, 0.1) is 26.7 Å². The minimum absolute atomic E-state index is 0.0438. The van der Waals surface area contributed by atoms with Gasteiger partial charge in [-0.25, -0.2) is 0 Å². The van der Waals surface area contributed by atoms with Gasteiger partial charge >= 0.3 is 0 Å². The van der Waals surface area contributed by atoms with Crippen molar-refractivity contribution in [1.82, 2.24) is 10.2 Å². The second-order valence-corrected chi connectivity index (χ2v) is 10.8. The maximum Gasteiger partial charge on any atom is 0.244 e. The number of methoxy groups -OCH3 is 3. The Kier molecular flexibility index (Phi) is 6.84. The van der Waals surface area contributed by atoms with E-state index in [4.69, 9.17) is 25.8 Å². The Bertz CT molecular complexity index is 1230. The van der Waals surface area contributed by atoms with Gasteiger partial charge < -0.3 is 24.4 Å². The van der Waals surface area contributed by atoms with Crippen LogP contribution in [-0.2, 0) is 15.0 Å². The van der Waals surface area contributed by atoms with Crippen LogP contribution in [0.3, 0.4) is 0 Å². The molecule has 2 aromatic carbocycles. The molecule has 1 saturated heterocycles. The molecule has 1 spiro atoms. The number of rotatable bonds is 8. The van der Waals surface area contributed by atoms with Crippen molar-refractivity contribution in [3.05, 3.63) is 58.6 Å². The van der Waals surface area contributed by atoms with Crippen LogP contribution in [0.25, 0.3) is 6.08 Å². The first kappa shape index (κ1) is 25.5. The minimum atomic E-state index is -0.426. The van der Waals surface area contributed by atoms with Crippen LogP contribution in [0.4, 0.5) is 0 Å². The predicted octanol–water partition coefficient (Wildman–Crippen LogP) is 4.61. The van der Waals surface area contributed by atoms with E-state index in [9.17, 15) is 9.59 Å². The van der Waals surface area contributed by atoms with Crippen molar-refractivity contribution in [2.24, 2.45) is 5.41 Å². The van der Waals surface area contributed by atoms with Crippen LogP contribution in [0.5, 0.6) is 17.2 Å². The van der Waals surface area contributed by atoms with Gasteiger partial charge in [-0.1, -0.05) is 30.2 Å². The number of halogens is 1. The molecule has 1 aliphatic heterocycles. The van der Waals surface area contributed by atoms with Gasteiger partial charge in [0.25, 0.3) is 0 Å². The highest BCUT2D eigenvalue weighted by atomic mass is 35.5. The number of hydrogen-bond donors (Lipinski definition) is 1. The molecule has 0 aromatic heterocycles. The fraction of sp³-hybridized carbons (Fsp3) is 0.448. The predicted molar refractivity (Wildman–Crippen MR) is 142 cm³/mol. The molecule has 3 aliphatic rings. The number of benzene rings is 2. The third-order valence-corrected chi connectivity index (χ3v) is 8.44. The quantitative estimate of drug-likeness (QED) is 0.510. The van der Waals surface area contributed by atoms with Gasteiger partial charge in [-0.3, -0.25) is 9.59 Å². The smallest absolute Gasteiger partial charge is 0.244 e. The molecule has 2 saturated carbocycles. The Balaban J connectivity index is 1.23. The summed E-state index contributed by atoms with van der Waals surface area (Å²) >= 11 is 6.20. The Labute approximate surface area is 222 Å². The summed E-state index contributed by atoms with van der Waals surface area (Å²) in [7, 11) is 4.67. The molecule has 196 valence electrons. The first-order chi connectivity index (χ1) is 17.9. The maximum absolute atomic E-state index is 13.5. The molecule has 1 atom stereocenters. The molecular formula is C29H33ClN2O5. The van der Waals surface area contributed by atoms with Crippen molar-refractivity contribution in [3.8, 4) is 17.2 Å². The molecule has 7 nitrogen and oxygen atoms in total. The highest BCUT2D eigenvalue weighted by Gasteiger charge is 2.59. The maximum atomic E-state index is 13.5. The van der Waals surface area contributed by atoms with Crippen molar-refractivity contribution < 1.29 is 23.8 Å². The summed E-state index contributed by atoms with van der Waals surface area (Å²) in [5.74, 6) is 1.57. The first-order valence-electron chi connectivity index (χ1n) is 12.7. The van der Waals surface area contributed by atoms with Crippen molar-refractivity contribution >= 4 is 29.5 Å². The Morgan fingerprint density at radius 3 is 2.43 bits per heavy atom. The zero-order valence-corrected chi connectivity index (χ0v) is 22.3. The summed E-state index contributed by atoms with van der Waals surface area (Å²) < 4.78 is 16.3. The van der Waals surface area contributed by atoms with Crippen molar-refractivity contribution in [2.45, 2.75) is 43.6 Å². The van der Waals surface area contributed by atoms with Crippen LogP contribution in [0.1, 0.15) is 43.2 Å². The normalized spacial score (nSPS) is 21.0. The summed E-state index contributed by atoms with van der Waals surface area (Å²) in [6.07, 6.45) is 7.94. The molecule has 5 rings (SSSR count). The Morgan fingerprint density at radius 2 is 1.78 bits per heavy atom. The largest absolute Gasteiger partial charge is 0.493 e. The van der Waals surface area contributed by atoms with Crippen LogP contribution in [-0.4, -0.2) is 57.2 Å². The monoisotopic (exact) mass is 524 g/mol. The van der Waals surface area contributed by atoms with E-state index in [1.165, 1.54) is 6.08 Å². The molecule has 37 heavy (non-hydrogen) atoms. The van der Waals surface area contributed by atoms with Crippen LogP contribution in [0.15, 0.2) is 42.5 Å². The second kappa shape index (κ2) is 9.93. The third-order valence-electron chi connectivity index (χ3n) is 8.21. The Morgan fingerprint density at radius 1 is 1.03 bits per heavy atom. The number of hydrogen-bond acceptors (Lipinski definition) is 5. The molecule has 2 aliphatic carbocycles. The number of carbonyl (C=O) groups is 2. The second-order valence-electron chi connectivity index (χ2n) is 10.3. The van der Waals surface area contributed by atoms with Crippen LogP contribution in [0.2, 0.25) is 5.02 Å². The number of nitrogens with zero attached hydrogens (tertiary/aromatic N) is 1. The first-order valence-corrected chi connectivity index (χ1v) is 13.1. The summed E-state index contributed by atoms with van der Waals surface area (Å²) in [5.41, 5.74) is 1.25. The van der Waals surface area contributed by atoms with Crippen LogP contribution in [0, 0.1) is 5.41 Å². The van der Waals surface area contributed by atoms with E-state index in [0.717, 1.165) is 37.7 Å². The average Bonchev–Trinajstić information content (AvgIpc) is 3.59. The SMILES string of the molecule is COc1ccc(/C=C/C(=O)NC2CCCC23CN(C(=O)C2(c4cccc(Cl)c4)CC2)C3)c(OC)c1OC. The summed E-state index contributed by atoms with van der Waals surface area (Å²) in [6, 6.07) is 11.3. The number of likely N-dealkylation sites (tertiary alicyclic amines) is 1. The minimum Gasteiger partial charge on any atom is -0.493 e. The molecule has 2 amide bonds. The number of ether oxygens (including phenoxy) is 3. The van der Waals surface area contributed by atoms with E-state index in [1.807, 2.05) is 35.2 Å². The Hall–Kier alpha value is -3.19. The lowest BCUT2D eigenvalue weighted by Crippen LogP contribution is -2.66. The van der Waals surface area contributed by atoms with E-state index in [-0.39, 0.29) is 23.3 Å². The molecule has 1 unspecified atom stereocenters. The van der Waals surface area contributed by atoms with E-state index in [0.29, 0.717) is 40.9 Å². The van der Waals surface area contributed by atoms with Gasteiger partial charge in [0, 0.05) is 41.2 Å². The van der Waals surface area contributed by atoms with Crippen molar-refractivity contribution in [3.63, 3.8) is 0 Å². The highest BCUT2D eigenvalue weighted by Crippen LogP contribution is 2.53. The fourth-order valence-corrected chi connectivity index (χ4v) is 6.27. The summed E-state index contributed by atoms with van der Waals surface area (Å²) in [5, 5.41) is 3.87. The summed E-state index contributed by atoms with van der Waals surface area (Å²) in [4.78, 5) is 28.3. The number of amides is 2. The van der Waals surface area contributed by atoms with E-state index in [1.54, 1.807) is 33.5 Å². The van der Waals surface area contributed by atoms with Gasteiger partial charge in [0.15, 0.2) is 11.5 Å². The lowest BCUT2D eigenvalue weighted by atomic mass is 9.74. The van der Waals surface area contributed by atoms with E-state index in [2.05, 4.69) is 5.32 Å². The van der Waals surface area contributed by atoms with Crippen molar-refractivity contribution in [1.29, 1.82) is 0 Å². The zero-order valence-electron chi connectivity index (χ0n) is 21.5. The molecule has 2 aromatic rings. The molecule has 1 N–H and O–H groups in total. The van der Waals surface area contributed by atoms with Crippen LogP contribution >= 0.6 is 11.6 Å². The van der Waals surface area contributed by atoms with Gasteiger partial charge in [-0.15, -0.1) is 0 Å². The lowest BCUT2D eigenvalue weighted by Gasteiger charge is -2.52. The van der Waals surface area contributed by atoms with E-state index >= 15 is 0 Å². The topological polar surface area (TPSA) is 77.1 Å². The van der Waals surface area contributed by atoms with E-state index < -0.39 is 5.41 Å². The molecule has 1 heterocycles. The lowest BCUT2D eigenvalue weighted by molar-refractivity contribution is -0.147. The molecule has 0 radical (unpaired) electrons. The number of nitrogens with one attached hydrogen (secondary N) is 1. The molecule has 3 fully saturated rings. The molecular weight excluding hydrogens is 492 g/mol. The van der Waals surface area contributed by atoms with Gasteiger partial charge in [-0.2, -0.15) is 0 Å². The standard InChI is InChI=1S/C29H33ClN2O5/c1-35-22-11-9-19(25(36-2)26(22)37-3)10-12-24(33)31-23-8-5-13-28(23)17-32(18-28)27(34)29(14-15-29)20-6-4-7-21(30)16-20/h4,6-7,9-12,16,23H,5,8,13-15,17-18H2,1-3H3,(H,31,33)/b12-10+. The average molecular weight is 525 g/mol. The van der Waals surface area contributed by atoms with Crippen LogP contribution < -0.4 is 19.5 Å². The zero-order chi connectivity index (χ0) is 26.2. The van der Waals surface area contributed by atoms with Gasteiger partial charge in [0.2, 0.25) is 17.6 Å². The third kappa shape index (κ3) is 4.54. The molecule has 0 bridgehead atoms. The number of carbonyl (C=O) groups excluding carboxylic acids is 2. The van der Waals surface area contributed by atoms with Gasteiger partial charge in [0.1, 0.15) is 0 Å². The molecule has 8 heteroatoms. The summed E-state index contributed by atoms with van der Waals surface area (Å²) in [6.45, 7) is 1.37. The van der Waals surface area contributed by atoms with Crippen molar-refractivity contribution in [2.75, 3.05) is 34.4 Å². The van der Waals surface area contributed by atoms with Gasteiger partial charge in [-0.05, 0) is 61.6 Å².